The molecule has 2 N–H and O–H groups in total. The van der Waals surface area contributed by atoms with Gasteiger partial charge in [0.05, 0.1) is 12.1 Å². The van der Waals surface area contributed by atoms with Crippen LogP contribution >= 0.6 is 11.6 Å². The number of aromatic nitrogens is 5. The summed E-state index contributed by atoms with van der Waals surface area (Å²) in [6.45, 7) is 0.0601. The second kappa shape index (κ2) is 6.82. The fourth-order valence-electron chi connectivity index (χ4n) is 3.31. The van der Waals surface area contributed by atoms with Gasteiger partial charge in [-0.25, -0.2) is 4.68 Å². The molecule has 3 heterocycles. The van der Waals surface area contributed by atoms with Gasteiger partial charge >= 0.3 is 0 Å². The number of hydrogen-bond donors (Lipinski definition) is 2. The molecule has 3 aromatic heterocycles. The van der Waals surface area contributed by atoms with Gasteiger partial charge < -0.3 is 14.5 Å². The first-order valence-corrected chi connectivity index (χ1v) is 9.20. The predicted molar refractivity (Wildman–Crippen MR) is 110 cm³/mol. The van der Waals surface area contributed by atoms with Crippen LogP contribution in [0.2, 0.25) is 5.02 Å². The van der Waals surface area contributed by atoms with Gasteiger partial charge in [-0.15, -0.1) is 15.3 Å². The molecule has 0 radical (unpaired) electrons. The van der Waals surface area contributed by atoms with Crippen molar-refractivity contribution in [1.82, 2.24) is 25.0 Å². The standard InChI is InChI=1S/C20H12ClN5O4/c21-12-5-6-13-14(7-12)23-16-15(17(13)27)20(29)26(25-18(16)28)8-10-1-3-11(4-2-10)19-24-22-9-30-19/h1-7,9H,8H2,(H,23,27)(H,25,28). The van der Waals surface area contributed by atoms with E-state index in [0.717, 1.165) is 15.8 Å². The molecule has 10 heteroatoms. The smallest absolute Gasteiger partial charge is 0.280 e. The van der Waals surface area contributed by atoms with Crippen molar-refractivity contribution in [2.75, 3.05) is 0 Å². The summed E-state index contributed by atoms with van der Waals surface area (Å²) in [5.74, 6) is -0.0789. The van der Waals surface area contributed by atoms with E-state index in [4.69, 9.17) is 16.0 Å². The van der Waals surface area contributed by atoms with Crippen LogP contribution in [0.25, 0.3) is 33.3 Å². The zero-order valence-electron chi connectivity index (χ0n) is 15.2. The molecule has 0 amide bonds. The minimum absolute atomic E-state index is 0.0252. The molecule has 5 rings (SSSR count). The first-order chi connectivity index (χ1) is 14.5. The van der Waals surface area contributed by atoms with E-state index in [1.54, 1.807) is 36.4 Å². The van der Waals surface area contributed by atoms with Gasteiger partial charge in [-0.1, -0.05) is 23.7 Å². The predicted octanol–water partition coefficient (Wildman–Crippen LogP) is 2.70. The lowest BCUT2D eigenvalue weighted by atomic mass is 10.1. The van der Waals surface area contributed by atoms with Crippen LogP contribution in [0.15, 0.2) is 62.9 Å². The molecule has 0 bridgehead atoms. The Morgan fingerprint density at radius 1 is 1.13 bits per heavy atom. The Morgan fingerprint density at radius 2 is 1.93 bits per heavy atom. The Hall–Kier alpha value is -3.98. The van der Waals surface area contributed by atoms with Gasteiger partial charge in [-0.2, -0.15) is 0 Å². The average Bonchev–Trinajstić information content (AvgIpc) is 3.27. The molecule has 0 aliphatic heterocycles. The van der Waals surface area contributed by atoms with E-state index in [9.17, 15) is 14.7 Å². The largest absolute Gasteiger partial charge is 0.491 e. The van der Waals surface area contributed by atoms with Crippen LogP contribution in [-0.2, 0) is 6.54 Å². The first kappa shape index (κ1) is 18.1. The zero-order chi connectivity index (χ0) is 20.8. The van der Waals surface area contributed by atoms with E-state index in [1.165, 1.54) is 12.5 Å². The lowest BCUT2D eigenvalue weighted by Gasteiger charge is -2.09. The number of nitrogens with one attached hydrogen (secondary N) is 1. The van der Waals surface area contributed by atoms with Gasteiger partial charge in [0.15, 0.2) is 0 Å². The molecule has 0 saturated carbocycles. The monoisotopic (exact) mass is 421 g/mol. The highest BCUT2D eigenvalue weighted by molar-refractivity contribution is 6.31. The summed E-state index contributed by atoms with van der Waals surface area (Å²) in [7, 11) is 0. The molecule has 0 saturated heterocycles. The lowest BCUT2D eigenvalue weighted by molar-refractivity contribution is 0.431. The number of rotatable bonds is 3. The van der Waals surface area contributed by atoms with Crippen molar-refractivity contribution in [1.29, 1.82) is 0 Å². The molecule has 148 valence electrons. The van der Waals surface area contributed by atoms with Crippen LogP contribution in [0.3, 0.4) is 0 Å². The minimum Gasteiger partial charge on any atom is -0.491 e. The van der Waals surface area contributed by atoms with Gasteiger partial charge in [0, 0.05) is 16.0 Å². The van der Waals surface area contributed by atoms with Gasteiger partial charge in [-0.3, -0.25) is 9.59 Å². The third kappa shape index (κ3) is 2.92. The Morgan fingerprint density at radius 3 is 2.67 bits per heavy atom. The highest BCUT2D eigenvalue weighted by atomic mass is 35.5. The summed E-state index contributed by atoms with van der Waals surface area (Å²) in [4.78, 5) is 28.8. The average molecular weight is 422 g/mol. The van der Waals surface area contributed by atoms with E-state index < -0.39 is 16.9 Å². The van der Waals surface area contributed by atoms with Crippen molar-refractivity contribution >= 4 is 33.4 Å². The van der Waals surface area contributed by atoms with Crippen LogP contribution in [0.1, 0.15) is 5.56 Å². The number of halogens is 1. The molecule has 0 aliphatic rings. The number of aromatic amines is 1. The third-order valence-corrected chi connectivity index (χ3v) is 4.98. The Balaban J connectivity index is 1.62. The van der Waals surface area contributed by atoms with E-state index in [1.807, 2.05) is 0 Å². The van der Waals surface area contributed by atoms with Gasteiger partial charge in [-0.05, 0) is 35.9 Å². The van der Waals surface area contributed by atoms with Crippen LogP contribution in [0, 0.1) is 0 Å². The van der Waals surface area contributed by atoms with E-state index >= 15 is 0 Å². The lowest BCUT2D eigenvalue weighted by Crippen LogP contribution is -2.28. The van der Waals surface area contributed by atoms with Crippen molar-refractivity contribution in [3.8, 4) is 17.3 Å². The molecule has 0 spiro atoms. The van der Waals surface area contributed by atoms with Crippen molar-refractivity contribution in [2.24, 2.45) is 0 Å². The quantitative estimate of drug-likeness (QED) is 0.429. The fourth-order valence-corrected chi connectivity index (χ4v) is 3.48. The second-order valence-corrected chi connectivity index (χ2v) is 7.06. The molecule has 9 nitrogen and oxygen atoms in total. The topological polar surface area (TPSA) is 127 Å². The molecule has 0 aliphatic carbocycles. The Bertz CT molecular complexity index is 1520. The summed E-state index contributed by atoms with van der Waals surface area (Å²) < 4.78 is 6.20. The fraction of sp³-hybridized carbons (Fsp3) is 0.0500. The molecule has 0 atom stereocenters. The van der Waals surface area contributed by atoms with E-state index in [2.05, 4.69) is 20.3 Å². The first-order valence-electron chi connectivity index (χ1n) is 8.82. The molecular weight excluding hydrogens is 410 g/mol. The minimum atomic E-state index is -0.609. The number of nitrogens with zero attached hydrogens (tertiary/aromatic N) is 4. The Kier molecular flexibility index (Phi) is 4.11. The SMILES string of the molecule is O=c1c2ccc(Cl)cc2[nH]c2c(O)nn(Cc3ccc(-c4nnco4)cc3)c(=O)c12. The number of fused-ring (bicyclic) bond motifs is 2. The van der Waals surface area contributed by atoms with Gasteiger partial charge in [0.1, 0.15) is 10.9 Å². The molecule has 0 fully saturated rings. The Labute approximate surface area is 172 Å². The number of H-pyrrole nitrogens is 1. The number of aromatic hydroxyl groups is 1. The zero-order valence-corrected chi connectivity index (χ0v) is 15.9. The summed E-state index contributed by atoms with van der Waals surface area (Å²) in [6.07, 6.45) is 1.24. The summed E-state index contributed by atoms with van der Waals surface area (Å²) in [5, 5.41) is 22.3. The highest BCUT2D eigenvalue weighted by Gasteiger charge is 2.16. The second-order valence-electron chi connectivity index (χ2n) is 6.62. The molecule has 2 aromatic carbocycles. The summed E-state index contributed by atoms with van der Waals surface area (Å²) in [5.41, 5.74) is 0.726. The number of hydrogen-bond acceptors (Lipinski definition) is 7. The normalized spacial score (nSPS) is 11.4. The van der Waals surface area contributed by atoms with E-state index in [0.29, 0.717) is 21.8 Å². The summed E-state index contributed by atoms with van der Waals surface area (Å²) in [6, 6.07) is 11.7. The number of benzene rings is 2. The van der Waals surface area contributed by atoms with Crippen molar-refractivity contribution in [3.63, 3.8) is 0 Å². The van der Waals surface area contributed by atoms with E-state index in [-0.39, 0.29) is 17.4 Å². The van der Waals surface area contributed by atoms with Crippen LogP contribution in [0.5, 0.6) is 5.88 Å². The maximum absolute atomic E-state index is 13.0. The maximum Gasteiger partial charge on any atom is 0.280 e. The van der Waals surface area contributed by atoms with Gasteiger partial charge in [0.25, 0.3) is 11.4 Å². The molecule has 0 unspecified atom stereocenters. The summed E-state index contributed by atoms with van der Waals surface area (Å²) >= 11 is 5.97. The molecular formula is C20H12ClN5O4. The molecule has 5 aromatic rings. The number of pyridine rings is 1. The van der Waals surface area contributed by atoms with Crippen LogP contribution < -0.4 is 11.0 Å². The van der Waals surface area contributed by atoms with Crippen molar-refractivity contribution in [3.05, 3.63) is 80.0 Å². The van der Waals surface area contributed by atoms with Crippen molar-refractivity contribution < 1.29 is 9.52 Å². The third-order valence-electron chi connectivity index (χ3n) is 4.74. The highest BCUT2D eigenvalue weighted by Crippen LogP contribution is 2.21. The molecule has 30 heavy (non-hydrogen) atoms. The van der Waals surface area contributed by atoms with Crippen LogP contribution in [0.4, 0.5) is 0 Å². The van der Waals surface area contributed by atoms with Crippen LogP contribution in [-0.4, -0.2) is 30.1 Å². The maximum atomic E-state index is 13.0. The van der Waals surface area contributed by atoms with Crippen molar-refractivity contribution in [2.45, 2.75) is 6.54 Å². The van der Waals surface area contributed by atoms with Gasteiger partial charge in [0.2, 0.25) is 17.7 Å².